The molecule has 0 saturated carbocycles. The molecule has 3 rings (SSSR count). The lowest BCUT2D eigenvalue weighted by molar-refractivity contribution is -0.118. The summed E-state index contributed by atoms with van der Waals surface area (Å²) in [6, 6.07) is 14.1. The fourth-order valence-electron chi connectivity index (χ4n) is 2.37. The van der Waals surface area contributed by atoms with Gasteiger partial charge in [0.25, 0.3) is 5.91 Å². The van der Waals surface area contributed by atoms with Crippen LogP contribution in [0.1, 0.15) is 23.7 Å². The Morgan fingerprint density at radius 2 is 1.89 bits per heavy atom. The van der Waals surface area contributed by atoms with E-state index in [4.69, 9.17) is 16.3 Å². The Bertz CT molecular complexity index is 954. The van der Waals surface area contributed by atoms with Crippen molar-refractivity contribution < 1.29 is 14.3 Å². The molecule has 0 aliphatic heterocycles. The van der Waals surface area contributed by atoms with Crippen molar-refractivity contribution in [2.45, 2.75) is 13.3 Å². The van der Waals surface area contributed by atoms with E-state index in [1.165, 1.54) is 11.3 Å². The molecule has 5 nitrogen and oxygen atoms in total. The number of nitrogens with one attached hydrogen (secondary N) is 1. The number of carbonyl (C=O) groups is 2. The molecule has 0 bridgehead atoms. The van der Waals surface area contributed by atoms with Gasteiger partial charge in [0.15, 0.2) is 17.5 Å². The molecule has 0 saturated heterocycles. The van der Waals surface area contributed by atoms with E-state index in [9.17, 15) is 9.59 Å². The highest BCUT2D eigenvalue weighted by molar-refractivity contribution is 7.14. The number of ketones is 1. The van der Waals surface area contributed by atoms with Crippen molar-refractivity contribution >= 4 is 39.8 Å². The van der Waals surface area contributed by atoms with E-state index >= 15 is 0 Å². The topological polar surface area (TPSA) is 68.3 Å². The number of Topliss-reactive ketones (excluding diaryl/α,β-unsaturated/α-hetero) is 1. The highest BCUT2D eigenvalue weighted by Crippen LogP contribution is 2.30. The third kappa shape index (κ3) is 4.93. The van der Waals surface area contributed by atoms with Gasteiger partial charge < -0.3 is 4.74 Å². The van der Waals surface area contributed by atoms with Crippen molar-refractivity contribution in [3.63, 3.8) is 0 Å². The summed E-state index contributed by atoms with van der Waals surface area (Å²) in [5, 5.41) is 5.62. The number of benzene rings is 2. The lowest BCUT2D eigenvalue weighted by atomic mass is 10.1. The summed E-state index contributed by atoms with van der Waals surface area (Å²) in [5.74, 6) is 0.273. The molecule has 1 N–H and O–H groups in total. The Morgan fingerprint density at radius 1 is 1.15 bits per heavy atom. The van der Waals surface area contributed by atoms with E-state index < -0.39 is 0 Å². The molecule has 27 heavy (non-hydrogen) atoms. The predicted octanol–water partition coefficient (Wildman–Crippen LogP) is 5.07. The van der Waals surface area contributed by atoms with Gasteiger partial charge in [0.1, 0.15) is 5.75 Å². The summed E-state index contributed by atoms with van der Waals surface area (Å²) in [7, 11) is 0. The van der Waals surface area contributed by atoms with Gasteiger partial charge in [0.05, 0.1) is 5.69 Å². The molecule has 0 fully saturated rings. The Labute approximate surface area is 166 Å². The first-order valence-corrected chi connectivity index (χ1v) is 9.59. The number of hydrogen-bond donors (Lipinski definition) is 1. The van der Waals surface area contributed by atoms with Gasteiger partial charge in [0, 0.05) is 28.0 Å². The van der Waals surface area contributed by atoms with Crippen molar-refractivity contribution in [3.8, 4) is 17.0 Å². The minimum atomic E-state index is -0.316. The van der Waals surface area contributed by atoms with E-state index in [1.54, 1.807) is 30.3 Å². The van der Waals surface area contributed by atoms with Gasteiger partial charge in [-0.25, -0.2) is 4.98 Å². The maximum atomic E-state index is 12.1. The molecule has 0 aliphatic rings. The van der Waals surface area contributed by atoms with Gasteiger partial charge in [-0.2, -0.15) is 0 Å². The van der Waals surface area contributed by atoms with Gasteiger partial charge in [-0.1, -0.05) is 36.7 Å². The van der Waals surface area contributed by atoms with Crippen LogP contribution in [0.5, 0.6) is 5.75 Å². The van der Waals surface area contributed by atoms with E-state index in [2.05, 4.69) is 10.3 Å². The molecule has 138 valence electrons. The van der Waals surface area contributed by atoms with Crippen molar-refractivity contribution in [2.24, 2.45) is 0 Å². The second-order valence-corrected chi connectivity index (χ2v) is 6.92. The lowest BCUT2D eigenvalue weighted by Gasteiger charge is -2.06. The van der Waals surface area contributed by atoms with Crippen molar-refractivity contribution in [1.82, 2.24) is 4.98 Å². The Hall–Kier alpha value is -2.70. The van der Waals surface area contributed by atoms with Gasteiger partial charge in [-0.05, 0) is 30.3 Å². The Morgan fingerprint density at radius 3 is 2.59 bits per heavy atom. The molecule has 3 aromatic rings. The summed E-state index contributed by atoms with van der Waals surface area (Å²) in [5.41, 5.74) is 2.15. The summed E-state index contributed by atoms with van der Waals surface area (Å²) < 4.78 is 5.45. The standard InChI is InChI=1S/C20H17ClN2O3S/c1-2-18(24)13-7-9-14(10-8-13)26-11-19(25)23-20-22-17(12-27-20)15-5-3-4-6-16(15)21/h3-10,12H,2,11H2,1H3,(H,22,23,25). The quantitative estimate of drug-likeness (QED) is 0.562. The summed E-state index contributed by atoms with van der Waals surface area (Å²) in [4.78, 5) is 28.1. The number of hydrogen-bond acceptors (Lipinski definition) is 5. The second-order valence-electron chi connectivity index (χ2n) is 5.66. The second kappa shape index (κ2) is 8.79. The number of ether oxygens (including phenoxy) is 1. The van der Waals surface area contributed by atoms with Crippen LogP contribution in [-0.2, 0) is 4.79 Å². The van der Waals surface area contributed by atoms with Crippen molar-refractivity contribution in [1.29, 1.82) is 0 Å². The number of aromatic nitrogens is 1. The third-order valence-corrected chi connectivity index (χ3v) is 4.85. The van der Waals surface area contributed by atoms with Crippen LogP contribution in [0.4, 0.5) is 5.13 Å². The summed E-state index contributed by atoms with van der Waals surface area (Å²) in [6.45, 7) is 1.66. The molecule has 1 amide bonds. The fourth-order valence-corrected chi connectivity index (χ4v) is 3.33. The van der Waals surface area contributed by atoms with E-state index in [1.807, 2.05) is 30.5 Å². The Balaban J connectivity index is 1.56. The van der Waals surface area contributed by atoms with Crippen molar-refractivity contribution in [3.05, 3.63) is 64.5 Å². The minimum absolute atomic E-state index is 0.0670. The van der Waals surface area contributed by atoms with Crippen LogP contribution in [-0.4, -0.2) is 23.3 Å². The first-order chi connectivity index (χ1) is 13.1. The minimum Gasteiger partial charge on any atom is -0.484 e. The molecule has 2 aromatic carbocycles. The number of halogens is 1. The van der Waals surface area contributed by atoms with Crippen molar-refractivity contribution in [2.75, 3.05) is 11.9 Å². The zero-order valence-electron chi connectivity index (χ0n) is 14.6. The maximum Gasteiger partial charge on any atom is 0.264 e. The lowest BCUT2D eigenvalue weighted by Crippen LogP contribution is -2.20. The number of thiazole rings is 1. The zero-order chi connectivity index (χ0) is 19.2. The van der Waals surface area contributed by atoms with Crippen LogP contribution in [0.2, 0.25) is 5.02 Å². The van der Waals surface area contributed by atoms with Crippen LogP contribution in [0.25, 0.3) is 11.3 Å². The fraction of sp³-hybridized carbons (Fsp3) is 0.150. The van der Waals surface area contributed by atoms with Crippen LogP contribution < -0.4 is 10.1 Å². The SMILES string of the molecule is CCC(=O)c1ccc(OCC(=O)Nc2nc(-c3ccccc3Cl)cs2)cc1. The third-order valence-electron chi connectivity index (χ3n) is 3.77. The molecular weight excluding hydrogens is 384 g/mol. The van der Waals surface area contributed by atoms with Gasteiger partial charge in [-0.3, -0.25) is 14.9 Å². The van der Waals surface area contributed by atoms with Gasteiger partial charge in [-0.15, -0.1) is 11.3 Å². The molecule has 1 aromatic heterocycles. The average molecular weight is 401 g/mol. The number of nitrogens with zero attached hydrogens (tertiary/aromatic N) is 1. The van der Waals surface area contributed by atoms with E-state index in [0.29, 0.717) is 33.6 Å². The van der Waals surface area contributed by atoms with Gasteiger partial charge >= 0.3 is 0 Å². The largest absolute Gasteiger partial charge is 0.484 e. The maximum absolute atomic E-state index is 12.1. The smallest absolute Gasteiger partial charge is 0.264 e. The first-order valence-electron chi connectivity index (χ1n) is 8.33. The number of rotatable bonds is 7. The predicted molar refractivity (Wildman–Crippen MR) is 108 cm³/mol. The van der Waals surface area contributed by atoms with Gasteiger partial charge in [0.2, 0.25) is 0 Å². The monoisotopic (exact) mass is 400 g/mol. The highest BCUT2D eigenvalue weighted by atomic mass is 35.5. The number of carbonyl (C=O) groups excluding carboxylic acids is 2. The molecule has 0 unspecified atom stereocenters. The number of amides is 1. The number of anilines is 1. The molecule has 7 heteroatoms. The average Bonchev–Trinajstić information content (AvgIpc) is 3.14. The van der Waals surface area contributed by atoms with E-state index in [0.717, 1.165) is 5.56 Å². The Kier molecular flexibility index (Phi) is 6.21. The zero-order valence-corrected chi connectivity index (χ0v) is 16.1. The molecule has 0 radical (unpaired) electrons. The van der Waals surface area contributed by atoms with Crippen LogP contribution >= 0.6 is 22.9 Å². The molecule has 0 atom stereocenters. The van der Waals surface area contributed by atoms with Crippen LogP contribution in [0, 0.1) is 0 Å². The molecule has 0 aliphatic carbocycles. The van der Waals surface area contributed by atoms with Crippen LogP contribution in [0.3, 0.4) is 0 Å². The summed E-state index contributed by atoms with van der Waals surface area (Å²) >= 11 is 7.48. The summed E-state index contributed by atoms with van der Waals surface area (Å²) in [6.07, 6.45) is 0.451. The van der Waals surface area contributed by atoms with Crippen LogP contribution in [0.15, 0.2) is 53.9 Å². The first kappa shape index (κ1) is 19.1. The normalized spacial score (nSPS) is 10.4. The molecule has 1 heterocycles. The van der Waals surface area contributed by atoms with E-state index in [-0.39, 0.29) is 18.3 Å². The molecular formula is C20H17ClN2O3S. The highest BCUT2D eigenvalue weighted by Gasteiger charge is 2.11. The molecule has 0 spiro atoms.